The summed E-state index contributed by atoms with van der Waals surface area (Å²) in [4.78, 5) is 9.06. The number of ether oxygens (including phenoxy) is 1. The Hall–Kier alpha value is -2.85. The number of rotatable bonds is 7. The van der Waals surface area contributed by atoms with Gasteiger partial charge >= 0.3 is 0 Å². The number of hydrogen-bond donors (Lipinski definition) is 1. The van der Waals surface area contributed by atoms with Crippen molar-refractivity contribution in [3.8, 4) is 18.1 Å². The van der Waals surface area contributed by atoms with E-state index in [1.54, 1.807) is 6.20 Å². The predicted octanol–water partition coefficient (Wildman–Crippen LogP) is 3.56. The van der Waals surface area contributed by atoms with E-state index in [1.165, 1.54) is 11.3 Å². The van der Waals surface area contributed by atoms with E-state index < -0.39 is 6.10 Å². The van der Waals surface area contributed by atoms with Gasteiger partial charge in [-0.05, 0) is 12.1 Å². The van der Waals surface area contributed by atoms with Gasteiger partial charge in [-0.25, -0.2) is 4.98 Å². The molecule has 5 nitrogen and oxygen atoms in total. The monoisotopic (exact) mass is 419 g/mol. The number of piperazine rings is 1. The Morgan fingerprint density at radius 1 is 1.10 bits per heavy atom. The summed E-state index contributed by atoms with van der Waals surface area (Å²) in [6, 6.07) is 16.1. The van der Waals surface area contributed by atoms with Gasteiger partial charge in [0.05, 0.1) is 0 Å². The zero-order chi connectivity index (χ0) is 20.8. The van der Waals surface area contributed by atoms with E-state index in [1.807, 2.05) is 41.8 Å². The third-order valence-electron chi connectivity index (χ3n) is 5.31. The summed E-state index contributed by atoms with van der Waals surface area (Å²) in [5.41, 5.74) is 3.15. The molecule has 4 rings (SSSR count). The minimum absolute atomic E-state index is 0.281. The largest absolute Gasteiger partial charge is 0.481 e. The first kappa shape index (κ1) is 20.4. The highest BCUT2D eigenvalue weighted by molar-refractivity contribution is 7.09. The molecule has 1 atom stereocenters. The molecule has 2 heterocycles. The van der Waals surface area contributed by atoms with Crippen molar-refractivity contribution in [2.75, 3.05) is 37.7 Å². The molecule has 0 aliphatic carbocycles. The van der Waals surface area contributed by atoms with Crippen LogP contribution in [0.3, 0.4) is 0 Å². The highest BCUT2D eigenvalue weighted by Gasteiger charge is 2.23. The summed E-state index contributed by atoms with van der Waals surface area (Å²) in [5.74, 6) is 3.39. The van der Waals surface area contributed by atoms with Crippen molar-refractivity contribution < 1.29 is 9.84 Å². The first-order valence-corrected chi connectivity index (χ1v) is 10.9. The van der Waals surface area contributed by atoms with E-state index in [-0.39, 0.29) is 6.61 Å². The van der Waals surface area contributed by atoms with Gasteiger partial charge in [-0.1, -0.05) is 42.3 Å². The fraction of sp³-hybridized carbons (Fsp3) is 0.292. The number of benzene rings is 2. The summed E-state index contributed by atoms with van der Waals surface area (Å²) in [5, 5.41) is 13.4. The summed E-state index contributed by atoms with van der Waals surface area (Å²) in [6.07, 6.45) is 6.37. The molecule has 0 spiro atoms. The van der Waals surface area contributed by atoms with E-state index >= 15 is 0 Å². The van der Waals surface area contributed by atoms with Crippen LogP contribution in [0, 0.1) is 12.3 Å². The summed E-state index contributed by atoms with van der Waals surface area (Å²) in [7, 11) is 0. The number of terminal acetylenes is 1. The molecule has 0 unspecified atom stereocenters. The fourth-order valence-corrected chi connectivity index (χ4v) is 4.43. The van der Waals surface area contributed by atoms with Crippen LogP contribution in [0.2, 0.25) is 0 Å². The first-order valence-electron chi connectivity index (χ1n) is 10.0. The first-order chi connectivity index (χ1) is 14.8. The highest BCUT2D eigenvalue weighted by Crippen LogP contribution is 2.32. The van der Waals surface area contributed by atoms with Gasteiger partial charge in [0.1, 0.15) is 23.5 Å². The molecule has 1 N–H and O–H groups in total. The second-order valence-corrected chi connectivity index (χ2v) is 8.12. The molecular formula is C24H25N3O2S. The van der Waals surface area contributed by atoms with Crippen molar-refractivity contribution in [1.29, 1.82) is 0 Å². The lowest BCUT2D eigenvalue weighted by molar-refractivity contribution is 0.218. The molecule has 30 heavy (non-hydrogen) atoms. The van der Waals surface area contributed by atoms with Crippen molar-refractivity contribution in [2.24, 2.45) is 0 Å². The average Bonchev–Trinajstić information content (AvgIpc) is 3.34. The van der Waals surface area contributed by atoms with Crippen LogP contribution in [0.5, 0.6) is 5.75 Å². The number of aliphatic hydroxyl groups is 1. The van der Waals surface area contributed by atoms with E-state index in [0.29, 0.717) is 0 Å². The van der Waals surface area contributed by atoms with Crippen LogP contribution in [0.15, 0.2) is 60.1 Å². The molecule has 0 saturated carbocycles. The van der Waals surface area contributed by atoms with E-state index in [9.17, 15) is 5.11 Å². The number of thiazole rings is 1. The Labute approximate surface area is 181 Å². The second-order valence-electron chi connectivity index (χ2n) is 7.20. The van der Waals surface area contributed by atoms with Crippen LogP contribution in [-0.2, 0) is 6.54 Å². The summed E-state index contributed by atoms with van der Waals surface area (Å²) in [6.45, 7) is 4.78. The highest BCUT2D eigenvalue weighted by atomic mass is 32.1. The Kier molecular flexibility index (Phi) is 6.65. The lowest BCUT2D eigenvalue weighted by atomic mass is 10.1. The molecule has 1 saturated heterocycles. The number of hydrogen-bond acceptors (Lipinski definition) is 6. The van der Waals surface area contributed by atoms with E-state index in [4.69, 9.17) is 11.2 Å². The van der Waals surface area contributed by atoms with Crippen LogP contribution in [0.4, 0.5) is 5.69 Å². The van der Waals surface area contributed by atoms with Crippen LogP contribution in [0.1, 0.15) is 22.2 Å². The van der Waals surface area contributed by atoms with Gasteiger partial charge in [0, 0.05) is 61.1 Å². The fourth-order valence-electron chi connectivity index (χ4n) is 3.79. The van der Waals surface area contributed by atoms with Crippen molar-refractivity contribution >= 4 is 17.0 Å². The Bertz CT molecular complexity index is 992. The molecule has 0 amide bonds. The standard InChI is InChI=1S/C24H25N3O2S/c1-2-16-29-22-10-6-3-7-19(22)18-26-12-14-27(15-13-26)21-9-5-4-8-20(21)23(28)24-25-11-17-30-24/h1,3-11,17,23,28H,12-16,18H2/t23-/m1/s1. The van der Waals surface area contributed by atoms with Gasteiger partial charge in [0.2, 0.25) is 0 Å². The van der Waals surface area contributed by atoms with Crippen molar-refractivity contribution in [3.05, 3.63) is 76.2 Å². The number of para-hydroxylation sites is 2. The third kappa shape index (κ3) is 4.65. The average molecular weight is 420 g/mol. The SMILES string of the molecule is C#CCOc1ccccc1CN1CCN(c2ccccc2[C@@H](O)c2nccs2)CC1. The Morgan fingerprint density at radius 2 is 1.87 bits per heavy atom. The maximum absolute atomic E-state index is 10.8. The molecule has 1 aliphatic heterocycles. The van der Waals surface area contributed by atoms with Crippen molar-refractivity contribution in [3.63, 3.8) is 0 Å². The third-order valence-corrected chi connectivity index (χ3v) is 6.14. The Morgan fingerprint density at radius 3 is 2.63 bits per heavy atom. The molecule has 1 fully saturated rings. The van der Waals surface area contributed by atoms with Gasteiger partial charge in [-0.3, -0.25) is 4.90 Å². The zero-order valence-electron chi connectivity index (χ0n) is 16.8. The molecular weight excluding hydrogens is 394 g/mol. The Balaban J connectivity index is 1.42. The zero-order valence-corrected chi connectivity index (χ0v) is 17.6. The molecule has 3 aromatic rings. The summed E-state index contributed by atoms with van der Waals surface area (Å²) >= 11 is 1.48. The molecule has 0 bridgehead atoms. The molecule has 1 aromatic heterocycles. The molecule has 0 radical (unpaired) electrons. The van der Waals surface area contributed by atoms with Crippen molar-refractivity contribution in [2.45, 2.75) is 12.6 Å². The van der Waals surface area contributed by atoms with Gasteiger partial charge in [-0.15, -0.1) is 17.8 Å². The number of anilines is 1. The summed E-state index contributed by atoms with van der Waals surface area (Å²) < 4.78 is 5.69. The predicted molar refractivity (Wildman–Crippen MR) is 121 cm³/mol. The minimum Gasteiger partial charge on any atom is -0.481 e. The number of aromatic nitrogens is 1. The van der Waals surface area contributed by atoms with E-state index in [0.717, 1.165) is 60.3 Å². The minimum atomic E-state index is -0.695. The van der Waals surface area contributed by atoms with Crippen LogP contribution in [-0.4, -0.2) is 47.8 Å². The van der Waals surface area contributed by atoms with Gasteiger partial charge in [0.25, 0.3) is 0 Å². The topological polar surface area (TPSA) is 48.8 Å². The maximum atomic E-state index is 10.8. The van der Waals surface area contributed by atoms with Crippen LogP contribution in [0.25, 0.3) is 0 Å². The van der Waals surface area contributed by atoms with Crippen molar-refractivity contribution in [1.82, 2.24) is 9.88 Å². The number of aliphatic hydroxyl groups excluding tert-OH is 1. The smallest absolute Gasteiger partial charge is 0.148 e. The van der Waals surface area contributed by atoms with Gasteiger partial charge in [0.15, 0.2) is 0 Å². The molecule has 1 aliphatic rings. The van der Waals surface area contributed by atoms with Crippen LogP contribution < -0.4 is 9.64 Å². The van der Waals surface area contributed by atoms with Gasteiger partial charge in [-0.2, -0.15) is 0 Å². The molecule has 6 heteroatoms. The van der Waals surface area contributed by atoms with Gasteiger partial charge < -0.3 is 14.7 Å². The molecule has 154 valence electrons. The maximum Gasteiger partial charge on any atom is 0.148 e. The van der Waals surface area contributed by atoms with E-state index in [2.05, 4.69) is 32.8 Å². The normalized spacial score (nSPS) is 15.5. The molecule has 2 aromatic carbocycles. The van der Waals surface area contributed by atoms with Crippen LogP contribution >= 0.6 is 11.3 Å². The lowest BCUT2D eigenvalue weighted by Crippen LogP contribution is -2.46. The lowest BCUT2D eigenvalue weighted by Gasteiger charge is -2.37. The quantitative estimate of drug-likeness (QED) is 0.594. The number of nitrogens with zero attached hydrogens (tertiary/aromatic N) is 3. The second kappa shape index (κ2) is 9.77.